The highest BCUT2D eigenvalue weighted by Gasteiger charge is 2.40. The first-order chi connectivity index (χ1) is 9.25. The third kappa shape index (κ3) is 2.19. The van der Waals surface area contributed by atoms with Gasteiger partial charge in [-0.25, -0.2) is 0 Å². The number of hydrogen-bond donors (Lipinski definition) is 1. The van der Waals surface area contributed by atoms with Gasteiger partial charge in [0.25, 0.3) is 0 Å². The molecule has 2 N–H and O–H groups in total. The molecule has 0 bridgehead atoms. The first kappa shape index (κ1) is 12.8. The molecule has 1 aromatic carbocycles. The lowest BCUT2D eigenvalue weighted by Crippen LogP contribution is -2.40. The molecule has 1 atom stereocenters. The Hall–Kier alpha value is -1.26. The van der Waals surface area contributed by atoms with E-state index in [4.69, 9.17) is 19.9 Å². The van der Waals surface area contributed by atoms with Crippen LogP contribution in [0.25, 0.3) is 0 Å². The number of methoxy groups -OCH3 is 1. The molecule has 1 saturated carbocycles. The van der Waals surface area contributed by atoms with Crippen molar-refractivity contribution in [1.29, 1.82) is 0 Å². The molecule has 1 heterocycles. The molecule has 0 amide bonds. The first-order valence-corrected chi connectivity index (χ1v) is 6.95. The molecule has 0 saturated heterocycles. The summed E-state index contributed by atoms with van der Waals surface area (Å²) in [5.41, 5.74) is 7.30. The Bertz CT molecular complexity index is 455. The summed E-state index contributed by atoms with van der Waals surface area (Å²) in [7, 11) is 1.77. The average molecular weight is 263 g/mol. The van der Waals surface area contributed by atoms with Crippen LogP contribution in [0.4, 0.5) is 0 Å². The third-order valence-electron chi connectivity index (χ3n) is 4.35. The molecular formula is C15H21NO3. The van der Waals surface area contributed by atoms with Gasteiger partial charge in [-0.1, -0.05) is 18.9 Å². The minimum atomic E-state index is -0.218. The zero-order valence-electron chi connectivity index (χ0n) is 11.4. The van der Waals surface area contributed by atoms with Gasteiger partial charge < -0.3 is 19.9 Å². The van der Waals surface area contributed by atoms with Gasteiger partial charge in [0.15, 0.2) is 11.5 Å². The number of nitrogens with two attached hydrogens (primary N) is 1. The highest BCUT2D eigenvalue weighted by Crippen LogP contribution is 2.43. The summed E-state index contributed by atoms with van der Waals surface area (Å²) in [5, 5.41) is 0. The van der Waals surface area contributed by atoms with Crippen LogP contribution in [0.2, 0.25) is 0 Å². The lowest BCUT2D eigenvalue weighted by Gasteiger charge is -2.34. The van der Waals surface area contributed by atoms with E-state index in [1.54, 1.807) is 7.11 Å². The number of fused-ring (bicyclic) bond motifs is 1. The Kier molecular flexibility index (Phi) is 3.37. The normalized spacial score (nSPS) is 22.2. The molecular weight excluding hydrogens is 242 g/mol. The molecule has 104 valence electrons. The van der Waals surface area contributed by atoms with E-state index < -0.39 is 0 Å². The maximum absolute atomic E-state index is 6.46. The summed E-state index contributed by atoms with van der Waals surface area (Å²) in [5.74, 6) is 1.60. The first-order valence-electron chi connectivity index (χ1n) is 6.95. The van der Waals surface area contributed by atoms with E-state index in [2.05, 4.69) is 0 Å². The van der Waals surface area contributed by atoms with E-state index in [0.717, 1.165) is 29.9 Å². The molecule has 2 aliphatic rings. The van der Waals surface area contributed by atoms with E-state index in [1.807, 2.05) is 18.2 Å². The van der Waals surface area contributed by atoms with Crippen molar-refractivity contribution >= 4 is 0 Å². The van der Waals surface area contributed by atoms with Crippen molar-refractivity contribution in [3.8, 4) is 11.5 Å². The van der Waals surface area contributed by atoms with Crippen LogP contribution in [-0.2, 0) is 4.74 Å². The van der Waals surface area contributed by atoms with Crippen LogP contribution in [0, 0.1) is 0 Å². The maximum atomic E-state index is 6.46. The van der Waals surface area contributed by atoms with Gasteiger partial charge >= 0.3 is 0 Å². The van der Waals surface area contributed by atoms with Crippen molar-refractivity contribution in [2.45, 2.75) is 37.3 Å². The van der Waals surface area contributed by atoms with Gasteiger partial charge in [-0.2, -0.15) is 0 Å². The Balaban J connectivity index is 1.88. The molecule has 1 unspecified atom stereocenters. The highest BCUT2D eigenvalue weighted by atomic mass is 16.6. The number of benzene rings is 1. The Morgan fingerprint density at radius 3 is 2.53 bits per heavy atom. The smallest absolute Gasteiger partial charge is 0.161 e. The van der Waals surface area contributed by atoms with Crippen molar-refractivity contribution < 1.29 is 14.2 Å². The largest absolute Gasteiger partial charge is 0.486 e. The van der Waals surface area contributed by atoms with Crippen molar-refractivity contribution in [1.82, 2.24) is 0 Å². The van der Waals surface area contributed by atoms with Gasteiger partial charge in [0, 0.05) is 7.11 Å². The summed E-state index contributed by atoms with van der Waals surface area (Å²) in [6.07, 6.45) is 4.43. The lowest BCUT2D eigenvalue weighted by atomic mass is 9.87. The fourth-order valence-corrected chi connectivity index (χ4v) is 3.17. The zero-order valence-corrected chi connectivity index (χ0v) is 11.4. The van der Waals surface area contributed by atoms with Crippen LogP contribution in [-0.4, -0.2) is 25.9 Å². The summed E-state index contributed by atoms with van der Waals surface area (Å²) >= 11 is 0. The molecule has 1 aliphatic carbocycles. The molecule has 1 aliphatic heterocycles. The Labute approximate surface area is 113 Å². The Morgan fingerprint density at radius 1 is 1.16 bits per heavy atom. The predicted octanol–water partition coefficient (Wildman–Crippen LogP) is 2.42. The standard InChI is InChI=1S/C15H21NO3/c1-17-15(6-2-3-7-15)14(16)11-4-5-12-13(10-11)19-9-8-18-12/h4-5,10,14H,2-3,6-9,16H2,1H3. The molecule has 0 aromatic heterocycles. The second-order valence-corrected chi connectivity index (χ2v) is 5.36. The summed E-state index contributed by atoms with van der Waals surface area (Å²) in [6.45, 7) is 1.21. The summed E-state index contributed by atoms with van der Waals surface area (Å²) < 4.78 is 16.9. The van der Waals surface area contributed by atoms with Crippen molar-refractivity contribution in [2.75, 3.05) is 20.3 Å². The predicted molar refractivity (Wildman–Crippen MR) is 72.6 cm³/mol. The van der Waals surface area contributed by atoms with Crippen molar-refractivity contribution in [2.24, 2.45) is 5.73 Å². The summed E-state index contributed by atoms with van der Waals surface area (Å²) in [6, 6.07) is 5.85. The van der Waals surface area contributed by atoms with Gasteiger partial charge in [-0.3, -0.25) is 0 Å². The number of ether oxygens (including phenoxy) is 3. The van der Waals surface area contributed by atoms with E-state index in [1.165, 1.54) is 12.8 Å². The van der Waals surface area contributed by atoms with Crippen LogP contribution in [0.3, 0.4) is 0 Å². The quantitative estimate of drug-likeness (QED) is 0.910. The second kappa shape index (κ2) is 5.02. The Morgan fingerprint density at radius 2 is 1.84 bits per heavy atom. The van der Waals surface area contributed by atoms with E-state index in [9.17, 15) is 0 Å². The van der Waals surface area contributed by atoms with E-state index >= 15 is 0 Å². The minimum Gasteiger partial charge on any atom is -0.486 e. The molecule has 3 rings (SSSR count). The van der Waals surface area contributed by atoms with Gasteiger partial charge in [0.05, 0.1) is 11.6 Å². The lowest BCUT2D eigenvalue weighted by molar-refractivity contribution is -0.0265. The fraction of sp³-hybridized carbons (Fsp3) is 0.600. The van der Waals surface area contributed by atoms with Gasteiger partial charge in [-0.05, 0) is 30.5 Å². The SMILES string of the molecule is COC1(C(N)c2ccc3c(c2)OCCO3)CCCC1. The van der Waals surface area contributed by atoms with Crippen LogP contribution in [0.15, 0.2) is 18.2 Å². The molecule has 19 heavy (non-hydrogen) atoms. The van der Waals surface area contributed by atoms with Crippen molar-refractivity contribution in [3.63, 3.8) is 0 Å². The van der Waals surface area contributed by atoms with Crippen LogP contribution >= 0.6 is 0 Å². The van der Waals surface area contributed by atoms with Crippen LogP contribution < -0.4 is 15.2 Å². The van der Waals surface area contributed by atoms with Crippen LogP contribution in [0.5, 0.6) is 11.5 Å². The molecule has 1 fully saturated rings. The summed E-state index contributed by atoms with van der Waals surface area (Å²) in [4.78, 5) is 0. The van der Waals surface area contributed by atoms with Gasteiger partial charge in [0.1, 0.15) is 13.2 Å². The van der Waals surface area contributed by atoms with Gasteiger partial charge in [0.2, 0.25) is 0 Å². The average Bonchev–Trinajstić information content (AvgIpc) is 2.96. The zero-order chi connectivity index (χ0) is 13.3. The third-order valence-corrected chi connectivity index (χ3v) is 4.35. The molecule has 0 radical (unpaired) electrons. The van der Waals surface area contributed by atoms with Crippen molar-refractivity contribution in [3.05, 3.63) is 23.8 Å². The number of rotatable bonds is 3. The van der Waals surface area contributed by atoms with E-state index in [-0.39, 0.29) is 11.6 Å². The minimum absolute atomic E-state index is 0.115. The fourth-order valence-electron chi connectivity index (χ4n) is 3.17. The molecule has 4 nitrogen and oxygen atoms in total. The van der Waals surface area contributed by atoms with Gasteiger partial charge in [-0.15, -0.1) is 0 Å². The topological polar surface area (TPSA) is 53.7 Å². The monoisotopic (exact) mass is 263 g/mol. The molecule has 1 aromatic rings. The number of hydrogen-bond acceptors (Lipinski definition) is 4. The maximum Gasteiger partial charge on any atom is 0.161 e. The molecule has 4 heteroatoms. The van der Waals surface area contributed by atoms with E-state index in [0.29, 0.717) is 13.2 Å². The second-order valence-electron chi connectivity index (χ2n) is 5.36. The van der Waals surface area contributed by atoms with Crippen LogP contribution in [0.1, 0.15) is 37.3 Å². The highest BCUT2D eigenvalue weighted by molar-refractivity contribution is 5.45. The molecule has 0 spiro atoms.